The van der Waals surface area contributed by atoms with E-state index in [1.807, 2.05) is 0 Å². The van der Waals surface area contributed by atoms with Crippen molar-refractivity contribution in [3.05, 3.63) is 29.8 Å². The number of sulfonamides is 1. The van der Waals surface area contributed by atoms with Gasteiger partial charge in [-0.3, -0.25) is 4.79 Å². The minimum Gasteiger partial charge on any atom is -0.368 e. The number of nitrogens with two attached hydrogens (primary N) is 1. The second kappa shape index (κ2) is 7.90. The molecule has 1 aliphatic carbocycles. The molecule has 1 aromatic rings. The summed E-state index contributed by atoms with van der Waals surface area (Å²) in [7, 11) is -3.75. The summed E-state index contributed by atoms with van der Waals surface area (Å²) < 4.78 is 28.4. The number of nitrogens with one attached hydrogen (secondary N) is 1. The number of ether oxygens (including phenoxy) is 1. The first-order valence-corrected chi connectivity index (χ1v) is 9.44. The smallest absolute Gasteiger partial charge is 0.246 e. The number of hydrogen-bond donors (Lipinski definition) is 2. The fraction of sp³-hybridized carbons (Fsp3) is 0.562. The fourth-order valence-electron chi connectivity index (χ4n) is 2.75. The maximum Gasteiger partial charge on any atom is 0.246 e. The van der Waals surface area contributed by atoms with E-state index in [2.05, 4.69) is 5.32 Å². The largest absolute Gasteiger partial charge is 0.368 e. The topological polar surface area (TPSA) is 98.5 Å². The molecule has 1 fully saturated rings. The van der Waals surface area contributed by atoms with Crippen LogP contribution in [0.25, 0.3) is 0 Å². The van der Waals surface area contributed by atoms with Gasteiger partial charge in [-0.1, -0.05) is 31.4 Å². The van der Waals surface area contributed by atoms with E-state index in [-0.39, 0.29) is 29.6 Å². The zero-order valence-electron chi connectivity index (χ0n) is 13.3. The van der Waals surface area contributed by atoms with Gasteiger partial charge in [-0.05, 0) is 37.5 Å². The molecule has 128 valence electrons. The summed E-state index contributed by atoms with van der Waals surface area (Å²) in [6.45, 7) is 1.82. The molecule has 0 aliphatic heterocycles. The van der Waals surface area contributed by atoms with Crippen molar-refractivity contribution in [2.75, 3.05) is 6.61 Å². The lowest BCUT2D eigenvalue weighted by atomic mass is 9.98. The van der Waals surface area contributed by atoms with Gasteiger partial charge in [0.1, 0.15) is 6.61 Å². The number of rotatable bonds is 6. The van der Waals surface area contributed by atoms with E-state index < -0.39 is 10.0 Å². The molecule has 1 saturated carbocycles. The van der Waals surface area contributed by atoms with Crippen LogP contribution in [0, 0.1) is 0 Å². The van der Waals surface area contributed by atoms with Crippen molar-refractivity contribution < 1.29 is 17.9 Å². The molecule has 1 unspecified atom stereocenters. The third-order valence-electron chi connectivity index (χ3n) is 4.07. The van der Waals surface area contributed by atoms with Gasteiger partial charge in [-0.2, -0.15) is 0 Å². The van der Waals surface area contributed by atoms with Crippen LogP contribution in [0.1, 0.15) is 50.6 Å². The summed E-state index contributed by atoms with van der Waals surface area (Å²) in [5.41, 5.74) is 0.683. The number of carbonyl (C=O) groups is 1. The minimum absolute atomic E-state index is 0.0316. The maximum atomic E-state index is 12.0. The molecule has 1 amide bonds. The van der Waals surface area contributed by atoms with Crippen molar-refractivity contribution in [1.29, 1.82) is 0 Å². The molecule has 6 nitrogen and oxygen atoms in total. The number of benzene rings is 1. The van der Waals surface area contributed by atoms with E-state index in [1.165, 1.54) is 18.6 Å². The summed E-state index contributed by atoms with van der Waals surface area (Å²) in [6, 6.07) is 5.94. The molecule has 2 rings (SSSR count). The van der Waals surface area contributed by atoms with Crippen molar-refractivity contribution in [3.8, 4) is 0 Å². The van der Waals surface area contributed by atoms with E-state index in [4.69, 9.17) is 9.88 Å². The Morgan fingerprint density at radius 2 is 2.04 bits per heavy atom. The molecule has 0 bridgehead atoms. The Labute approximate surface area is 137 Å². The first kappa shape index (κ1) is 17.9. The summed E-state index contributed by atoms with van der Waals surface area (Å²) in [4.78, 5) is 12.0. The standard InChI is InChI=1S/C16H24N2O4S/c1-12(13-6-5-9-15(10-13)23(17,20)21)18-16(19)11-22-14-7-3-2-4-8-14/h5-6,9-10,12,14H,2-4,7-8,11H2,1H3,(H,18,19)(H2,17,20,21). The summed E-state index contributed by atoms with van der Waals surface area (Å²) in [5, 5.41) is 7.94. The molecule has 0 heterocycles. The number of hydrogen-bond acceptors (Lipinski definition) is 4. The molecule has 7 heteroatoms. The van der Waals surface area contributed by atoms with Crippen LogP contribution in [-0.2, 0) is 19.6 Å². The number of primary sulfonamides is 1. The Morgan fingerprint density at radius 1 is 1.35 bits per heavy atom. The van der Waals surface area contributed by atoms with Crippen LogP contribution in [0.2, 0.25) is 0 Å². The Morgan fingerprint density at radius 3 is 2.70 bits per heavy atom. The fourth-order valence-corrected chi connectivity index (χ4v) is 3.32. The van der Waals surface area contributed by atoms with Crippen LogP contribution in [0.15, 0.2) is 29.2 Å². The van der Waals surface area contributed by atoms with Crippen LogP contribution in [0.5, 0.6) is 0 Å². The quantitative estimate of drug-likeness (QED) is 0.826. The summed E-state index contributed by atoms with van der Waals surface area (Å²) in [6.07, 6.45) is 5.75. The molecule has 3 N–H and O–H groups in total. The lowest BCUT2D eigenvalue weighted by Crippen LogP contribution is -2.32. The van der Waals surface area contributed by atoms with E-state index in [0.717, 1.165) is 25.7 Å². The van der Waals surface area contributed by atoms with Gasteiger partial charge >= 0.3 is 0 Å². The molecule has 1 aliphatic rings. The van der Waals surface area contributed by atoms with E-state index in [0.29, 0.717) is 5.56 Å². The van der Waals surface area contributed by atoms with Crippen LogP contribution in [0.3, 0.4) is 0 Å². The Bertz CT molecular complexity index is 639. The first-order valence-electron chi connectivity index (χ1n) is 7.90. The lowest BCUT2D eigenvalue weighted by molar-refractivity contribution is -0.129. The van der Waals surface area contributed by atoms with Crippen molar-refractivity contribution in [2.45, 2.75) is 56.1 Å². The van der Waals surface area contributed by atoms with Crippen LogP contribution >= 0.6 is 0 Å². The zero-order valence-corrected chi connectivity index (χ0v) is 14.1. The van der Waals surface area contributed by atoms with E-state index in [1.54, 1.807) is 19.1 Å². The average Bonchev–Trinajstić information content (AvgIpc) is 2.53. The number of carbonyl (C=O) groups excluding carboxylic acids is 1. The summed E-state index contributed by atoms with van der Waals surface area (Å²) >= 11 is 0. The third-order valence-corrected chi connectivity index (χ3v) is 4.98. The zero-order chi connectivity index (χ0) is 16.9. The van der Waals surface area contributed by atoms with Gasteiger partial charge in [0, 0.05) is 0 Å². The lowest BCUT2D eigenvalue weighted by Gasteiger charge is -2.22. The van der Waals surface area contributed by atoms with Crippen molar-refractivity contribution in [2.24, 2.45) is 5.14 Å². The normalized spacial score (nSPS) is 17.7. The third kappa shape index (κ3) is 5.60. The molecule has 0 radical (unpaired) electrons. The van der Waals surface area contributed by atoms with Gasteiger partial charge in [-0.25, -0.2) is 13.6 Å². The van der Waals surface area contributed by atoms with Crippen molar-refractivity contribution >= 4 is 15.9 Å². The number of amides is 1. The van der Waals surface area contributed by atoms with Crippen LogP contribution < -0.4 is 10.5 Å². The van der Waals surface area contributed by atoms with Gasteiger partial charge in [0.05, 0.1) is 17.0 Å². The van der Waals surface area contributed by atoms with Gasteiger partial charge in [0.15, 0.2) is 0 Å². The Hall–Kier alpha value is -1.44. The highest BCUT2D eigenvalue weighted by Gasteiger charge is 2.17. The second-order valence-corrected chi connectivity index (χ2v) is 7.54. The highest BCUT2D eigenvalue weighted by Crippen LogP contribution is 2.20. The predicted molar refractivity (Wildman–Crippen MR) is 87.2 cm³/mol. The highest BCUT2D eigenvalue weighted by molar-refractivity contribution is 7.89. The Kier molecular flexibility index (Phi) is 6.15. The van der Waals surface area contributed by atoms with Gasteiger partial charge in [0.25, 0.3) is 0 Å². The second-order valence-electron chi connectivity index (χ2n) is 5.98. The van der Waals surface area contributed by atoms with Gasteiger partial charge < -0.3 is 10.1 Å². The van der Waals surface area contributed by atoms with E-state index in [9.17, 15) is 13.2 Å². The monoisotopic (exact) mass is 340 g/mol. The van der Waals surface area contributed by atoms with Crippen LogP contribution in [-0.4, -0.2) is 27.0 Å². The maximum absolute atomic E-state index is 12.0. The molecule has 23 heavy (non-hydrogen) atoms. The highest BCUT2D eigenvalue weighted by atomic mass is 32.2. The van der Waals surface area contributed by atoms with Crippen LogP contribution in [0.4, 0.5) is 0 Å². The molecule has 0 saturated heterocycles. The molecule has 1 aromatic carbocycles. The van der Waals surface area contributed by atoms with Gasteiger partial charge in [-0.15, -0.1) is 0 Å². The predicted octanol–water partition coefficient (Wildman–Crippen LogP) is 1.86. The molecular formula is C16H24N2O4S. The molecule has 0 spiro atoms. The van der Waals surface area contributed by atoms with Crippen molar-refractivity contribution in [3.63, 3.8) is 0 Å². The average molecular weight is 340 g/mol. The minimum atomic E-state index is -3.75. The Balaban J connectivity index is 1.88. The summed E-state index contributed by atoms with van der Waals surface area (Å²) in [5.74, 6) is -0.205. The first-order chi connectivity index (χ1) is 10.9. The van der Waals surface area contributed by atoms with Gasteiger partial charge in [0.2, 0.25) is 15.9 Å². The molecule has 0 aromatic heterocycles. The van der Waals surface area contributed by atoms with E-state index >= 15 is 0 Å². The molecule has 1 atom stereocenters. The molecular weight excluding hydrogens is 316 g/mol. The SMILES string of the molecule is CC(NC(=O)COC1CCCCC1)c1cccc(S(N)(=O)=O)c1. The van der Waals surface area contributed by atoms with Crippen molar-refractivity contribution in [1.82, 2.24) is 5.32 Å².